The lowest BCUT2D eigenvalue weighted by Crippen LogP contribution is -2.27. The number of fused-ring (bicyclic) bond motifs is 1. The first-order valence-corrected chi connectivity index (χ1v) is 11.7. The Kier molecular flexibility index (Phi) is 6.32. The lowest BCUT2D eigenvalue weighted by Gasteiger charge is -2.19. The molecule has 2 aromatic carbocycles. The van der Waals surface area contributed by atoms with Crippen molar-refractivity contribution >= 4 is 21.6 Å². The molecule has 0 aliphatic carbocycles. The number of benzene rings is 2. The van der Waals surface area contributed by atoms with E-state index in [2.05, 4.69) is 20.9 Å². The summed E-state index contributed by atoms with van der Waals surface area (Å²) in [5, 5.41) is 9.98. The Labute approximate surface area is 209 Å². The van der Waals surface area contributed by atoms with Gasteiger partial charge in [0.25, 0.3) is 5.56 Å². The molecule has 1 N–H and O–H groups in total. The maximum Gasteiger partial charge on any atom is 0.251 e. The van der Waals surface area contributed by atoms with Crippen LogP contribution in [0.25, 0.3) is 11.1 Å². The molecule has 176 valence electrons. The molecule has 3 heterocycles. The van der Waals surface area contributed by atoms with Gasteiger partial charge in [-0.15, -0.1) is 0 Å². The summed E-state index contributed by atoms with van der Waals surface area (Å²) >= 11 is 3.27. The van der Waals surface area contributed by atoms with Crippen molar-refractivity contribution in [3.63, 3.8) is 0 Å². The van der Waals surface area contributed by atoms with Crippen LogP contribution < -0.4 is 10.3 Å². The number of aliphatic hydroxyl groups is 1. The van der Waals surface area contributed by atoms with E-state index in [-0.39, 0.29) is 12.2 Å². The zero-order valence-corrected chi connectivity index (χ0v) is 20.4. The molecule has 8 heteroatoms. The van der Waals surface area contributed by atoms with Gasteiger partial charge >= 0.3 is 0 Å². The zero-order chi connectivity index (χ0) is 24.5. The quantitative estimate of drug-likeness (QED) is 0.388. The lowest BCUT2D eigenvalue weighted by molar-refractivity contribution is 0.246. The summed E-state index contributed by atoms with van der Waals surface area (Å²) in [6.07, 6.45) is 3.32. The van der Waals surface area contributed by atoms with Gasteiger partial charge in [0.05, 0.1) is 32.0 Å². The van der Waals surface area contributed by atoms with Crippen LogP contribution in [-0.4, -0.2) is 34.1 Å². The number of aliphatic hydroxyl groups excluding tert-OH is 1. The fourth-order valence-corrected chi connectivity index (χ4v) is 4.81. The Hall–Kier alpha value is -3.62. The molecule has 0 spiro atoms. The molecule has 1 atom stereocenters. The van der Waals surface area contributed by atoms with E-state index in [1.54, 1.807) is 25.6 Å². The summed E-state index contributed by atoms with van der Waals surface area (Å²) in [4.78, 5) is 21.9. The van der Waals surface area contributed by atoms with E-state index in [0.29, 0.717) is 22.5 Å². The molecular formula is C27H21BrFN3O3. The van der Waals surface area contributed by atoms with Gasteiger partial charge in [0.2, 0.25) is 5.88 Å². The number of pyridine rings is 2. The highest BCUT2D eigenvalue weighted by Gasteiger charge is 2.20. The number of rotatable bonds is 6. The van der Waals surface area contributed by atoms with Gasteiger partial charge in [-0.1, -0.05) is 28.1 Å². The van der Waals surface area contributed by atoms with E-state index in [9.17, 15) is 14.3 Å². The van der Waals surface area contributed by atoms with Gasteiger partial charge in [0.15, 0.2) is 0 Å². The normalized spacial score (nSPS) is 13.3. The number of hydrogen-bond acceptors (Lipinski definition) is 5. The molecule has 0 saturated heterocycles. The Morgan fingerprint density at radius 3 is 2.66 bits per heavy atom. The number of halogens is 2. The first kappa shape index (κ1) is 23.1. The first-order valence-electron chi connectivity index (χ1n) is 10.9. The molecule has 0 amide bonds. The average Bonchev–Trinajstić information content (AvgIpc) is 3.28. The van der Waals surface area contributed by atoms with Gasteiger partial charge in [-0.2, -0.15) is 0 Å². The van der Waals surface area contributed by atoms with Crippen LogP contribution in [0.4, 0.5) is 4.39 Å². The lowest BCUT2D eigenvalue weighted by atomic mass is 9.96. The van der Waals surface area contributed by atoms with Crippen molar-refractivity contribution < 1.29 is 14.2 Å². The second-order valence-electron chi connectivity index (χ2n) is 8.19. The van der Waals surface area contributed by atoms with Gasteiger partial charge in [-0.05, 0) is 58.7 Å². The van der Waals surface area contributed by atoms with E-state index in [1.165, 1.54) is 22.8 Å². The average molecular weight is 534 g/mol. The zero-order valence-electron chi connectivity index (χ0n) is 18.8. The van der Waals surface area contributed by atoms with Crippen LogP contribution >= 0.6 is 15.9 Å². The van der Waals surface area contributed by atoms with E-state index >= 15 is 0 Å². The van der Waals surface area contributed by atoms with Gasteiger partial charge in [0.1, 0.15) is 5.82 Å². The van der Waals surface area contributed by atoms with E-state index < -0.39 is 11.9 Å². The largest absolute Gasteiger partial charge is 0.481 e. The summed E-state index contributed by atoms with van der Waals surface area (Å²) < 4.78 is 21.1. The predicted molar refractivity (Wildman–Crippen MR) is 136 cm³/mol. The van der Waals surface area contributed by atoms with Crippen molar-refractivity contribution in [3.05, 3.63) is 116 Å². The van der Waals surface area contributed by atoms with Crippen LogP contribution in [0.15, 0.2) is 87.3 Å². The minimum atomic E-state index is -0.705. The third-order valence-electron chi connectivity index (χ3n) is 6.05. The fourth-order valence-electron chi connectivity index (χ4n) is 4.33. The SMILES string of the molecule is COc1cc(C2=NCc3ccc(-c4ccn([C@H](CO)c5cc(F)cc(Br)c5)c(=O)c4)cc32)ccn1. The molecule has 5 rings (SSSR count). The summed E-state index contributed by atoms with van der Waals surface area (Å²) in [5.74, 6) is 0.0714. The van der Waals surface area contributed by atoms with E-state index in [1.807, 2.05) is 36.4 Å². The highest BCUT2D eigenvalue weighted by atomic mass is 79.9. The maximum atomic E-state index is 13.9. The topological polar surface area (TPSA) is 76.7 Å². The summed E-state index contributed by atoms with van der Waals surface area (Å²) in [7, 11) is 1.57. The Morgan fingerprint density at radius 1 is 1.09 bits per heavy atom. The minimum Gasteiger partial charge on any atom is -0.481 e. The molecule has 0 bridgehead atoms. The maximum absolute atomic E-state index is 13.9. The van der Waals surface area contributed by atoms with Gasteiger partial charge in [-0.25, -0.2) is 9.37 Å². The molecule has 35 heavy (non-hydrogen) atoms. The summed E-state index contributed by atoms with van der Waals surface area (Å²) in [5.41, 5.74) is 5.68. The van der Waals surface area contributed by atoms with Crippen LogP contribution in [0.1, 0.15) is 28.3 Å². The van der Waals surface area contributed by atoms with Crippen molar-refractivity contribution in [2.75, 3.05) is 13.7 Å². The van der Waals surface area contributed by atoms with Crippen molar-refractivity contribution in [1.82, 2.24) is 9.55 Å². The van der Waals surface area contributed by atoms with Crippen LogP contribution in [0, 0.1) is 5.82 Å². The molecule has 0 radical (unpaired) electrons. The molecular weight excluding hydrogens is 513 g/mol. The van der Waals surface area contributed by atoms with Crippen molar-refractivity contribution in [3.8, 4) is 17.0 Å². The van der Waals surface area contributed by atoms with Crippen molar-refractivity contribution in [2.45, 2.75) is 12.6 Å². The molecule has 1 aliphatic rings. The number of aliphatic imine (C=N–C) groups is 1. The smallest absolute Gasteiger partial charge is 0.251 e. The number of hydrogen-bond donors (Lipinski definition) is 1. The second-order valence-corrected chi connectivity index (χ2v) is 9.10. The van der Waals surface area contributed by atoms with Gasteiger partial charge in [0, 0.05) is 40.1 Å². The molecule has 0 unspecified atom stereocenters. The number of nitrogens with zero attached hydrogens (tertiary/aromatic N) is 3. The summed E-state index contributed by atoms with van der Waals surface area (Å²) in [6.45, 7) is 0.238. The standard InChI is InChI=1S/C27H21BrFN3O3/c1-35-25-11-18(4-6-30-25)27-23-10-16(2-3-19(23)14-31-27)17-5-7-32(26(34)12-17)24(15-33)20-8-21(28)13-22(29)9-20/h2-13,24,33H,14-15H2,1H3/t24-/m1/s1. The second kappa shape index (κ2) is 9.56. The third-order valence-corrected chi connectivity index (χ3v) is 6.51. The van der Waals surface area contributed by atoms with Crippen molar-refractivity contribution in [2.24, 2.45) is 4.99 Å². The minimum absolute atomic E-state index is 0.296. The van der Waals surface area contributed by atoms with Crippen LogP contribution in [0.5, 0.6) is 5.88 Å². The number of aromatic nitrogens is 2. The van der Waals surface area contributed by atoms with E-state index in [4.69, 9.17) is 9.73 Å². The van der Waals surface area contributed by atoms with Gasteiger partial charge in [-0.3, -0.25) is 9.79 Å². The molecule has 4 aromatic rings. The Bertz CT molecular complexity index is 1500. The number of ether oxygens (including phenoxy) is 1. The molecule has 0 fully saturated rings. The number of methoxy groups -OCH3 is 1. The molecule has 6 nitrogen and oxygen atoms in total. The highest BCUT2D eigenvalue weighted by molar-refractivity contribution is 9.10. The molecule has 1 aliphatic heterocycles. The van der Waals surface area contributed by atoms with E-state index in [0.717, 1.165) is 33.5 Å². The monoisotopic (exact) mass is 533 g/mol. The van der Waals surface area contributed by atoms with Gasteiger partial charge < -0.3 is 14.4 Å². The molecule has 2 aromatic heterocycles. The summed E-state index contributed by atoms with van der Waals surface area (Å²) in [6, 6.07) is 16.7. The molecule has 0 saturated carbocycles. The van der Waals surface area contributed by atoms with Crippen molar-refractivity contribution in [1.29, 1.82) is 0 Å². The highest BCUT2D eigenvalue weighted by Crippen LogP contribution is 2.29. The van der Waals surface area contributed by atoms with Crippen LogP contribution in [0.3, 0.4) is 0 Å². The first-order chi connectivity index (χ1) is 17.0. The third kappa shape index (κ3) is 4.54. The Balaban J connectivity index is 1.50. The fraction of sp³-hybridized carbons (Fsp3) is 0.148. The predicted octanol–water partition coefficient (Wildman–Crippen LogP) is 4.75. The van der Waals surface area contributed by atoms with Crippen LogP contribution in [-0.2, 0) is 6.54 Å². The Morgan fingerprint density at radius 2 is 1.91 bits per heavy atom. The van der Waals surface area contributed by atoms with Crippen LogP contribution in [0.2, 0.25) is 0 Å².